The van der Waals surface area contributed by atoms with Crippen LogP contribution in [0.25, 0.3) is 0 Å². The third kappa shape index (κ3) is 4.49. The summed E-state index contributed by atoms with van der Waals surface area (Å²) in [7, 11) is 0. The van der Waals surface area contributed by atoms with Gasteiger partial charge in [0, 0.05) is 17.8 Å². The third-order valence-electron chi connectivity index (χ3n) is 2.73. The van der Waals surface area contributed by atoms with Crippen LogP contribution < -0.4 is 10.1 Å². The number of hydrogen-bond donors (Lipinski definition) is 1. The third-order valence-corrected chi connectivity index (χ3v) is 2.73. The van der Waals surface area contributed by atoms with Gasteiger partial charge in [-0.05, 0) is 44.9 Å². The van der Waals surface area contributed by atoms with Crippen LogP contribution in [-0.2, 0) is 6.54 Å². The zero-order valence-electron chi connectivity index (χ0n) is 11.8. The van der Waals surface area contributed by atoms with E-state index in [4.69, 9.17) is 4.74 Å². The quantitative estimate of drug-likeness (QED) is 0.567. The summed E-state index contributed by atoms with van der Waals surface area (Å²) in [5, 5.41) is 3.40. The van der Waals surface area contributed by atoms with Crippen molar-refractivity contribution in [2.45, 2.75) is 40.2 Å². The molecule has 0 amide bonds. The van der Waals surface area contributed by atoms with E-state index in [0.717, 1.165) is 43.1 Å². The second kappa shape index (κ2) is 7.88. The zero-order chi connectivity index (χ0) is 13.4. The summed E-state index contributed by atoms with van der Waals surface area (Å²) in [5.74, 6) is 0.762. The number of aromatic nitrogens is 1. The van der Waals surface area contributed by atoms with Crippen LogP contribution in [0.2, 0.25) is 0 Å². The minimum absolute atomic E-state index is 0.639. The fourth-order valence-corrected chi connectivity index (χ4v) is 1.79. The molecule has 0 aliphatic heterocycles. The number of ether oxygens (including phenoxy) is 1. The highest BCUT2D eigenvalue weighted by molar-refractivity contribution is 5.35. The smallest absolute Gasteiger partial charge is 0.218 e. The normalized spacial score (nSPS) is 10.4. The van der Waals surface area contributed by atoms with E-state index in [1.54, 1.807) is 0 Å². The number of pyridine rings is 1. The maximum absolute atomic E-state index is 5.75. The fraction of sp³-hybridized carbons (Fsp3) is 0.533. The van der Waals surface area contributed by atoms with E-state index in [1.807, 2.05) is 13.0 Å². The maximum atomic E-state index is 5.75. The topological polar surface area (TPSA) is 34.1 Å². The van der Waals surface area contributed by atoms with Crippen molar-refractivity contribution in [3.05, 3.63) is 35.5 Å². The van der Waals surface area contributed by atoms with E-state index < -0.39 is 0 Å². The minimum atomic E-state index is 0.639. The molecule has 0 atom stereocenters. The fourth-order valence-electron chi connectivity index (χ4n) is 1.79. The molecule has 0 radical (unpaired) electrons. The molecule has 0 saturated heterocycles. The molecule has 1 heterocycles. The summed E-state index contributed by atoms with van der Waals surface area (Å²) in [6, 6.07) is 2.10. The van der Waals surface area contributed by atoms with Crippen molar-refractivity contribution < 1.29 is 4.74 Å². The second-order valence-corrected chi connectivity index (χ2v) is 4.47. The first-order chi connectivity index (χ1) is 8.69. The largest absolute Gasteiger partial charge is 0.477 e. The van der Waals surface area contributed by atoms with Gasteiger partial charge in [0.05, 0.1) is 6.61 Å². The van der Waals surface area contributed by atoms with Gasteiger partial charge in [-0.2, -0.15) is 0 Å². The van der Waals surface area contributed by atoms with E-state index in [2.05, 4.69) is 36.8 Å². The average Bonchev–Trinajstić information content (AvgIpc) is 2.32. The van der Waals surface area contributed by atoms with Gasteiger partial charge in [-0.15, -0.1) is 6.58 Å². The average molecular weight is 248 g/mol. The molecule has 100 valence electrons. The highest BCUT2D eigenvalue weighted by Crippen LogP contribution is 2.21. The first-order valence-corrected chi connectivity index (χ1v) is 6.60. The Morgan fingerprint density at radius 2 is 2.22 bits per heavy atom. The molecule has 1 aromatic heterocycles. The molecular formula is C15H24N2O. The van der Waals surface area contributed by atoms with Crippen molar-refractivity contribution in [3.63, 3.8) is 0 Å². The number of nitrogens with zero attached hydrogens (tertiary/aromatic N) is 1. The summed E-state index contributed by atoms with van der Waals surface area (Å²) in [6.45, 7) is 12.4. The second-order valence-electron chi connectivity index (χ2n) is 4.47. The highest BCUT2D eigenvalue weighted by Gasteiger charge is 2.09. The van der Waals surface area contributed by atoms with E-state index in [-0.39, 0.29) is 0 Å². The Morgan fingerprint density at radius 3 is 2.89 bits per heavy atom. The van der Waals surface area contributed by atoms with E-state index in [1.165, 1.54) is 5.56 Å². The lowest BCUT2D eigenvalue weighted by Crippen LogP contribution is -2.16. The van der Waals surface area contributed by atoms with E-state index >= 15 is 0 Å². The minimum Gasteiger partial charge on any atom is -0.477 e. The summed E-state index contributed by atoms with van der Waals surface area (Å²) >= 11 is 0. The summed E-state index contributed by atoms with van der Waals surface area (Å²) in [4.78, 5) is 4.49. The monoisotopic (exact) mass is 248 g/mol. The predicted octanol–water partition coefficient (Wildman–Crippen LogP) is 3.15. The Balaban J connectivity index is 2.79. The first-order valence-electron chi connectivity index (χ1n) is 6.60. The van der Waals surface area contributed by atoms with Gasteiger partial charge in [0.2, 0.25) is 5.88 Å². The Kier molecular flexibility index (Phi) is 6.44. The Morgan fingerprint density at radius 1 is 1.44 bits per heavy atom. The predicted molar refractivity (Wildman–Crippen MR) is 76.0 cm³/mol. The van der Waals surface area contributed by atoms with E-state index in [0.29, 0.717) is 6.61 Å². The van der Waals surface area contributed by atoms with Crippen LogP contribution in [-0.4, -0.2) is 18.1 Å². The van der Waals surface area contributed by atoms with Crippen molar-refractivity contribution >= 4 is 0 Å². The van der Waals surface area contributed by atoms with Crippen LogP contribution in [0.5, 0.6) is 5.88 Å². The zero-order valence-corrected chi connectivity index (χ0v) is 11.8. The molecule has 0 saturated carbocycles. The van der Waals surface area contributed by atoms with Crippen LogP contribution in [0.4, 0.5) is 0 Å². The lowest BCUT2D eigenvalue weighted by molar-refractivity contribution is 0.307. The number of hydrogen-bond acceptors (Lipinski definition) is 3. The molecule has 0 aromatic carbocycles. The van der Waals surface area contributed by atoms with Gasteiger partial charge in [-0.1, -0.05) is 13.0 Å². The van der Waals surface area contributed by atoms with Gasteiger partial charge in [0.25, 0.3) is 0 Å². The van der Waals surface area contributed by atoms with Crippen molar-refractivity contribution in [2.24, 2.45) is 0 Å². The molecule has 3 nitrogen and oxygen atoms in total. The van der Waals surface area contributed by atoms with Gasteiger partial charge in [0.15, 0.2) is 0 Å². The first kappa shape index (κ1) is 14.7. The number of rotatable bonds is 8. The van der Waals surface area contributed by atoms with Crippen LogP contribution >= 0.6 is 0 Å². The molecule has 3 heteroatoms. The van der Waals surface area contributed by atoms with Crippen molar-refractivity contribution in [1.29, 1.82) is 0 Å². The lowest BCUT2D eigenvalue weighted by atomic mass is 10.1. The molecule has 1 rings (SSSR count). The molecule has 0 bridgehead atoms. The highest BCUT2D eigenvalue weighted by atomic mass is 16.5. The van der Waals surface area contributed by atoms with Crippen molar-refractivity contribution in [2.75, 3.05) is 13.2 Å². The Labute approximate surface area is 110 Å². The molecule has 1 aromatic rings. The molecule has 0 aliphatic carbocycles. The van der Waals surface area contributed by atoms with Crippen LogP contribution in [0.1, 0.15) is 36.6 Å². The van der Waals surface area contributed by atoms with E-state index in [9.17, 15) is 0 Å². The SMILES string of the molecule is C=CCCOc1nc(C)cc(C)c1CNCCC. The molecule has 18 heavy (non-hydrogen) atoms. The lowest BCUT2D eigenvalue weighted by Gasteiger charge is -2.14. The van der Waals surface area contributed by atoms with Gasteiger partial charge in [-0.3, -0.25) is 0 Å². The van der Waals surface area contributed by atoms with Crippen LogP contribution in [0.3, 0.4) is 0 Å². The van der Waals surface area contributed by atoms with Gasteiger partial charge < -0.3 is 10.1 Å². The van der Waals surface area contributed by atoms with Crippen molar-refractivity contribution in [3.8, 4) is 5.88 Å². The Bertz CT molecular complexity index is 388. The summed E-state index contributed by atoms with van der Waals surface area (Å²) in [5.41, 5.74) is 3.40. The molecule has 0 spiro atoms. The standard InChI is InChI=1S/C15H24N2O/c1-5-7-9-18-15-14(11-16-8-6-2)12(3)10-13(4)17-15/h5,10,16H,1,6-9,11H2,2-4H3. The molecule has 0 unspecified atom stereocenters. The number of nitrogens with one attached hydrogen (secondary N) is 1. The molecule has 0 aliphatic rings. The Hall–Kier alpha value is -1.35. The molecule has 0 fully saturated rings. The summed E-state index contributed by atoms with van der Waals surface area (Å²) < 4.78 is 5.75. The number of aryl methyl sites for hydroxylation is 2. The molecular weight excluding hydrogens is 224 g/mol. The van der Waals surface area contributed by atoms with Gasteiger partial charge >= 0.3 is 0 Å². The van der Waals surface area contributed by atoms with Crippen molar-refractivity contribution in [1.82, 2.24) is 10.3 Å². The maximum Gasteiger partial charge on any atom is 0.218 e. The van der Waals surface area contributed by atoms with Gasteiger partial charge in [0.1, 0.15) is 0 Å². The summed E-state index contributed by atoms with van der Waals surface area (Å²) in [6.07, 6.45) is 3.83. The van der Waals surface area contributed by atoms with Crippen LogP contribution in [0, 0.1) is 13.8 Å². The van der Waals surface area contributed by atoms with Gasteiger partial charge in [-0.25, -0.2) is 4.98 Å². The van der Waals surface area contributed by atoms with Crippen LogP contribution in [0.15, 0.2) is 18.7 Å². The molecule has 1 N–H and O–H groups in total.